The highest BCUT2D eigenvalue weighted by Gasteiger charge is 2.24. The normalized spacial score (nSPS) is 19.4. The Morgan fingerprint density at radius 3 is 2.50 bits per heavy atom. The molecule has 2 aliphatic heterocycles. The molecule has 2 fully saturated rings. The topological polar surface area (TPSA) is 76.6 Å². The van der Waals surface area contributed by atoms with Gasteiger partial charge in [0.25, 0.3) is 0 Å². The van der Waals surface area contributed by atoms with Crippen LogP contribution in [0.1, 0.15) is 25.7 Å². The van der Waals surface area contributed by atoms with Gasteiger partial charge in [0.15, 0.2) is 5.96 Å². The Kier molecular flexibility index (Phi) is 12.3. The van der Waals surface area contributed by atoms with Gasteiger partial charge in [-0.05, 0) is 31.6 Å². The Hall–Kier alpha value is -1.46. The lowest BCUT2D eigenvalue weighted by molar-refractivity contribution is 0.0203. The fourth-order valence-electron chi connectivity index (χ4n) is 4.02. The molecule has 1 aromatic carbocycles. The summed E-state index contributed by atoms with van der Waals surface area (Å²) in [6.45, 7) is 6.11. The van der Waals surface area contributed by atoms with E-state index in [0.29, 0.717) is 12.0 Å². The lowest BCUT2D eigenvalue weighted by Crippen LogP contribution is -2.45. The third kappa shape index (κ3) is 8.47. The number of aliphatic imine (C=N–C) groups is 1. The van der Waals surface area contributed by atoms with Gasteiger partial charge >= 0.3 is 0 Å². The predicted molar refractivity (Wildman–Crippen MR) is 139 cm³/mol. The highest BCUT2D eigenvalue weighted by atomic mass is 127. The minimum absolute atomic E-state index is 0. The summed E-state index contributed by atoms with van der Waals surface area (Å²) in [6.07, 6.45) is 4.25. The van der Waals surface area contributed by atoms with Crippen LogP contribution < -0.4 is 25.0 Å². The van der Waals surface area contributed by atoms with Crippen molar-refractivity contribution in [2.75, 3.05) is 72.2 Å². The molecule has 0 amide bonds. The summed E-state index contributed by atoms with van der Waals surface area (Å²) in [7, 11) is 5.17. The number of methoxy groups -OCH3 is 2. The molecular weight excluding hydrogens is 523 g/mol. The van der Waals surface area contributed by atoms with Crippen molar-refractivity contribution in [1.29, 1.82) is 0 Å². The first kappa shape index (κ1) is 26.8. The van der Waals surface area contributed by atoms with Crippen LogP contribution in [0.3, 0.4) is 0 Å². The van der Waals surface area contributed by atoms with Crippen LogP contribution in [0.2, 0.25) is 0 Å². The molecule has 2 N–H and O–H groups in total. The molecule has 8 nitrogen and oxygen atoms in total. The number of hydrogen-bond acceptors (Lipinski definition) is 6. The summed E-state index contributed by atoms with van der Waals surface area (Å²) in [6, 6.07) is 6.35. The molecule has 0 bridgehead atoms. The summed E-state index contributed by atoms with van der Waals surface area (Å²) < 4.78 is 22.0. The number of ether oxygens (including phenoxy) is 4. The summed E-state index contributed by atoms with van der Waals surface area (Å²) >= 11 is 0. The lowest BCUT2D eigenvalue weighted by Gasteiger charge is -2.22. The van der Waals surface area contributed by atoms with E-state index < -0.39 is 0 Å². The van der Waals surface area contributed by atoms with Crippen LogP contribution in [0.25, 0.3) is 0 Å². The SMILES string of the molecule is CN=C(NCCCOCC1CCOCC1)NC1CCN(c2cc(OC)cc(OC)c2)C1.I. The van der Waals surface area contributed by atoms with E-state index in [2.05, 4.69) is 32.7 Å². The molecule has 0 aromatic heterocycles. The highest BCUT2D eigenvalue weighted by Crippen LogP contribution is 2.30. The highest BCUT2D eigenvalue weighted by molar-refractivity contribution is 14.0. The summed E-state index contributed by atoms with van der Waals surface area (Å²) in [5.74, 6) is 3.12. The van der Waals surface area contributed by atoms with Gasteiger partial charge < -0.3 is 34.5 Å². The third-order valence-corrected chi connectivity index (χ3v) is 5.91. The van der Waals surface area contributed by atoms with Gasteiger partial charge in [-0.2, -0.15) is 0 Å². The first-order valence-electron chi connectivity index (χ1n) is 11.3. The van der Waals surface area contributed by atoms with Gasteiger partial charge in [0.05, 0.1) is 14.2 Å². The Bertz CT molecular complexity index is 678. The Morgan fingerprint density at radius 1 is 1.12 bits per heavy atom. The number of hydrogen-bond donors (Lipinski definition) is 2. The zero-order valence-corrected chi connectivity index (χ0v) is 21.9. The molecule has 2 heterocycles. The maximum Gasteiger partial charge on any atom is 0.191 e. The number of nitrogens with zero attached hydrogens (tertiary/aromatic N) is 2. The van der Waals surface area contributed by atoms with E-state index in [1.807, 2.05) is 13.1 Å². The van der Waals surface area contributed by atoms with E-state index >= 15 is 0 Å². The number of anilines is 1. The second kappa shape index (κ2) is 14.6. The van der Waals surface area contributed by atoms with Crippen LogP contribution in [0.4, 0.5) is 5.69 Å². The third-order valence-electron chi connectivity index (χ3n) is 5.91. The van der Waals surface area contributed by atoms with Gasteiger partial charge in [-0.1, -0.05) is 0 Å². The van der Waals surface area contributed by atoms with E-state index in [9.17, 15) is 0 Å². The molecule has 0 radical (unpaired) electrons. The second-order valence-corrected chi connectivity index (χ2v) is 8.13. The van der Waals surface area contributed by atoms with Gasteiger partial charge in [0.1, 0.15) is 11.5 Å². The maximum absolute atomic E-state index is 5.84. The van der Waals surface area contributed by atoms with Gasteiger partial charge in [0.2, 0.25) is 0 Å². The van der Waals surface area contributed by atoms with Crippen molar-refractivity contribution in [3.8, 4) is 11.5 Å². The van der Waals surface area contributed by atoms with E-state index in [1.54, 1.807) is 14.2 Å². The van der Waals surface area contributed by atoms with Crippen molar-refractivity contribution < 1.29 is 18.9 Å². The molecular formula is C23H39IN4O4. The van der Waals surface area contributed by atoms with Crippen molar-refractivity contribution in [2.45, 2.75) is 31.7 Å². The fraction of sp³-hybridized carbons (Fsp3) is 0.696. The molecule has 182 valence electrons. The van der Waals surface area contributed by atoms with Crippen LogP contribution in [-0.2, 0) is 9.47 Å². The first-order valence-corrected chi connectivity index (χ1v) is 11.3. The quantitative estimate of drug-likeness (QED) is 0.197. The van der Waals surface area contributed by atoms with Crippen LogP contribution in [0, 0.1) is 5.92 Å². The van der Waals surface area contributed by atoms with Gasteiger partial charge in [-0.25, -0.2) is 0 Å². The largest absolute Gasteiger partial charge is 0.497 e. The number of benzene rings is 1. The van der Waals surface area contributed by atoms with Crippen molar-refractivity contribution in [1.82, 2.24) is 10.6 Å². The van der Waals surface area contributed by atoms with Crippen molar-refractivity contribution in [3.63, 3.8) is 0 Å². The van der Waals surface area contributed by atoms with E-state index in [1.165, 1.54) is 0 Å². The van der Waals surface area contributed by atoms with Crippen LogP contribution in [0.5, 0.6) is 11.5 Å². The minimum atomic E-state index is 0. The summed E-state index contributed by atoms with van der Waals surface area (Å²) in [5.41, 5.74) is 1.12. The van der Waals surface area contributed by atoms with Gasteiger partial charge in [0, 0.05) is 83.0 Å². The molecule has 0 spiro atoms. The van der Waals surface area contributed by atoms with Gasteiger partial charge in [-0.3, -0.25) is 4.99 Å². The molecule has 1 atom stereocenters. The molecule has 1 aromatic rings. The molecule has 0 saturated carbocycles. The van der Waals surface area contributed by atoms with E-state index in [4.69, 9.17) is 18.9 Å². The van der Waals surface area contributed by atoms with Crippen LogP contribution in [-0.4, -0.2) is 79.3 Å². The number of nitrogens with one attached hydrogen (secondary N) is 2. The zero-order valence-electron chi connectivity index (χ0n) is 19.6. The molecule has 2 aliphatic rings. The average Bonchev–Trinajstić information content (AvgIpc) is 3.29. The smallest absolute Gasteiger partial charge is 0.191 e. The predicted octanol–water partition coefficient (Wildman–Crippen LogP) is 2.90. The zero-order chi connectivity index (χ0) is 21.9. The molecule has 9 heteroatoms. The van der Waals surface area contributed by atoms with Crippen molar-refractivity contribution in [2.24, 2.45) is 10.9 Å². The minimum Gasteiger partial charge on any atom is -0.497 e. The molecule has 2 saturated heterocycles. The van der Waals surface area contributed by atoms with Crippen molar-refractivity contribution >= 4 is 35.6 Å². The van der Waals surface area contributed by atoms with Crippen LogP contribution in [0.15, 0.2) is 23.2 Å². The standard InChI is InChI=1S/C23H38N4O4.HI/c1-24-23(25-8-4-10-31-17-18-6-11-30-12-7-18)26-19-5-9-27(16-19)20-13-21(28-2)15-22(14-20)29-3;/h13-15,18-19H,4-12,16-17H2,1-3H3,(H2,24,25,26);1H. The van der Waals surface area contributed by atoms with Gasteiger partial charge in [-0.15, -0.1) is 24.0 Å². The average molecular weight is 562 g/mol. The summed E-state index contributed by atoms with van der Waals surface area (Å²) in [4.78, 5) is 6.72. The molecule has 0 aliphatic carbocycles. The van der Waals surface area contributed by atoms with Crippen molar-refractivity contribution in [3.05, 3.63) is 18.2 Å². The number of rotatable bonds is 10. The van der Waals surface area contributed by atoms with E-state index in [-0.39, 0.29) is 24.0 Å². The molecule has 3 rings (SSSR count). The van der Waals surface area contributed by atoms with E-state index in [0.717, 1.165) is 94.9 Å². The monoisotopic (exact) mass is 562 g/mol. The molecule has 32 heavy (non-hydrogen) atoms. The fourth-order valence-corrected chi connectivity index (χ4v) is 4.02. The molecule has 1 unspecified atom stereocenters. The maximum atomic E-state index is 5.84. The Labute approximate surface area is 209 Å². The number of guanidine groups is 1. The van der Waals surface area contributed by atoms with Crippen LogP contribution >= 0.6 is 24.0 Å². The first-order chi connectivity index (χ1) is 15.2. The Balaban J connectivity index is 0.00000363. The second-order valence-electron chi connectivity index (χ2n) is 8.13. The lowest BCUT2D eigenvalue weighted by atomic mass is 10.0. The summed E-state index contributed by atoms with van der Waals surface area (Å²) in [5, 5.41) is 6.95. The Morgan fingerprint density at radius 2 is 1.84 bits per heavy atom. The number of halogens is 1.